The fraction of sp³-hybridized carbons (Fsp3) is 0.667. The van der Waals surface area contributed by atoms with Crippen molar-refractivity contribution in [2.24, 2.45) is 17.6 Å². The van der Waals surface area contributed by atoms with Crippen LogP contribution in [-0.4, -0.2) is 27.6 Å². The molecule has 2 saturated carbocycles. The standard InChI is InChI=1S/C18H28N2O3S/c1-11-7-12(2)18(23-3)16(8-11)24(21,22)20-17-13-5-4-6-14(17)10-15(19)9-13/h7-8,13-15,17,20H,4-6,9-10,19H2,1-3H3. The predicted molar refractivity (Wildman–Crippen MR) is 94.6 cm³/mol. The molecule has 5 nitrogen and oxygen atoms in total. The van der Waals surface area contributed by atoms with Gasteiger partial charge in [-0.3, -0.25) is 0 Å². The van der Waals surface area contributed by atoms with Gasteiger partial charge in [-0.25, -0.2) is 13.1 Å². The Labute approximate surface area is 145 Å². The Balaban J connectivity index is 1.92. The van der Waals surface area contributed by atoms with E-state index in [1.165, 1.54) is 13.5 Å². The Bertz CT molecular complexity index is 703. The fourth-order valence-corrected chi connectivity index (χ4v) is 6.30. The zero-order valence-corrected chi connectivity index (χ0v) is 15.5. The molecule has 2 atom stereocenters. The van der Waals surface area contributed by atoms with Gasteiger partial charge < -0.3 is 10.5 Å². The minimum atomic E-state index is -3.62. The third kappa shape index (κ3) is 3.32. The quantitative estimate of drug-likeness (QED) is 0.872. The largest absolute Gasteiger partial charge is 0.495 e. The first-order chi connectivity index (χ1) is 11.3. The van der Waals surface area contributed by atoms with Crippen LogP contribution in [0.15, 0.2) is 17.0 Å². The van der Waals surface area contributed by atoms with Crippen molar-refractivity contribution in [1.82, 2.24) is 4.72 Å². The SMILES string of the molecule is COc1c(C)cc(C)cc1S(=O)(=O)NC1C2CCCC1CC(N)C2. The van der Waals surface area contributed by atoms with Crippen molar-refractivity contribution in [3.8, 4) is 5.75 Å². The summed E-state index contributed by atoms with van der Waals surface area (Å²) in [5, 5.41) is 0. The maximum absolute atomic E-state index is 13.1. The summed E-state index contributed by atoms with van der Waals surface area (Å²) < 4.78 is 34.5. The van der Waals surface area contributed by atoms with E-state index in [1.54, 1.807) is 6.07 Å². The molecule has 3 N–H and O–H groups in total. The van der Waals surface area contributed by atoms with Crippen molar-refractivity contribution in [2.75, 3.05) is 7.11 Å². The van der Waals surface area contributed by atoms with Gasteiger partial charge in [0.2, 0.25) is 10.0 Å². The number of sulfonamides is 1. The number of hydrogen-bond acceptors (Lipinski definition) is 4. The smallest absolute Gasteiger partial charge is 0.244 e. The number of rotatable bonds is 4. The highest BCUT2D eigenvalue weighted by molar-refractivity contribution is 7.89. The lowest BCUT2D eigenvalue weighted by molar-refractivity contribution is 0.125. The number of hydrogen-bond donors (Lipinski definition) is 2. The van der Waals surface area contributed by atoms with Crippen molar-refractivity contribution in [3.05, 3.63) is 23.3 Å². The van der Waals surface area contributed by atoms with E-state index in [4.69, 9.17) is 10.5 Å². The van der Waals surface area contributed by atoms with Crippen LogP contribution in [0.3, 0.4) is 0 Å². The summed E-state index contributed by atoms with van der Waals surface area (Å²) in [5.74, 6) is 1.13. The summed E-state index contributed by atoms with van der Waals surface area (Å²) in [6, 6.07) is 3.83. The molecule has 0 radical (unpaired) electrons. The maximum atomic E-state index is 13.1. The van der Waals surface area contributed by atoms with E-state index in [1.807, 2.05) is 19.9 Å². The van der Waals surface area contributed by atoms with Gasteiger partial charge >= 0.3 is 0 Å². The first-order valence-corrected chi connectivity index (χ1v) is 10.2. The van der Waals surface area contributed by atoms with Gasteiger partial charge in [0.25, 0.3) is 0 Å². The lowest BCUT2D eigenvalue weighted by Crippen LogP contribution is -2.53. The Morgan fingerprint density at radius 2 is 1.79 bits per heavy atom. The molecule has 0 saturated heterocycles. The van der Waals surface area contributed by atoms with Crippen LogP contribution in [0.4, 0.5) is 0 Å². The van der Waals surface area contributed by atoms with Gasteiger partial charge in [0.1, 0.15) is 10.6 Å². The van der Waals surface area contributed by atoms with Crippen LogP contribution in [0.2, 0.25) is 0 Å². The van der Waals surface area contributed by atoms with Crippen LogP contribution in [0.25, 0.3) is 0 Å². The van der Waals surface area contributed by atoms with Crippen molar-refractivity contribution < 1.29 is 13.2 Å². The summed E-state index contributed by atoms with van der Waals surface area (Å²) in [7, 11) is -2.10. The molecule has 134 valence electrons. The van der Waals surface area contributed by atoms with Gasteiger partial charge in [-0.2, -0.15) is 0 Å². The topological polar surface area (TPSA) is 81.4 Å². The number of fused-ring (bicyclic) bond motifs is 2. The van der Waals surface area contributed by atoms with Crippen LogP contribution < -0.4 is 15.2 Å². The molecule has 2 fully saturated rings. The molecule has 2 bridgehead atoms. The lowest BCUT2D eigenvalue weighted by Gasteiger charge is -2.45. The highest BCUT2D eigenvalue weighted by atomic mass is 32.2. The molecule has 6 heteroatoms. The van der Waals surface area contributed by atoms with Gasteiger partial charge in [0.15, 0.2) is 0 Å². The second kappa shape index (κ2) is 6.65. The summed E-state index contributed by atoms with van der Waals surface area (Å²) >= 11 is 0. The molecule has 0 aliphatic heterocycles. The number of benzene rings is 1. The second-order valence-electron chi connectivity index (χ2n) is 7.44. The van der Waals surface area contributed by atoms with Crippen molar-refractivity contribution in [3.63, 3.8) is 0 Å². The normalized spacial score (nSPS) is 30.2. The van der Waals surface area contributed by atoms with E-state index in [2.05, 4.69) is 4.72 Å². The zero-order chi connectivity index (χ0) is 17.5. The van der Waals surface area contributed by atoms with Crippen LogP contribution in [-0.2, 0) is 10.0 Å². The first kappa shape index (κ1) is 17.7. The molecule has 0 amide bonds. The first-order valence-electron chi connectivity index (χ1n) is 8.75. The zero-order valence-electron chi connectivity index (χ0n) is 14.7. The van der Waals surface area contributed by atoms with E-state index in [0.717, 1.165) is 36.8 Å². The highest BCUT2D eigenvalue weighted by Gasteiger charge is 2.41. The molecule has 0 heterocycles. The molecular weight excluding hydrogens is 324 g/mol. The number of aryl methyl sites for hydroxylation is 2. The van der Waals surface area contributed by atoms with Crippen molar-refractivity contribution in [1.29, 1.82) is 0 Å². The lowest BCUT2D eigenvalue weighted by atomic mass is 9.67. The van der Waals surface area contributed by atoms with Gasteiger partial charge in [0, 0.05) is 12.1 Å². The summed E-state index contributed by atoms with van der Waals surface area (Å²) in [4.78, 5) is 0.246. The van der Waals surface area contributed by atoms with Gasteiger partial charge in [-0.1, -0.05) is 12.5 Å². The average Bonchev–Trinajstić information content (AvgIpc) is 2.47. The highest BCUT2D eigenvalue weighted by Crippen LogP contribution is 2.41. The molecule has 2 unspecified atom stereocenters. The Morgan fingerprint density at radius 3 is 2.38 bits per heavy atom. The Morgan fingerprint density at radius 1 is 1.17 bits per heavy atom. The summed E-state index contributed by atoms with van der Waals surface area (Å²) in [5.41, 5.74) is 7.90. The molecule has 2 aliphatic rings. The predicted octanol–water partition coefficient (Wildman–Crippen LogP) is 2.50. The molecule has 1 aromatic carbocycles. The van der Waals surface area contributed by atoms with E-state index >= 15 is 0 Å². The van der Waals surface area contributed by atoms with Crippen molar-refractivity contribution in [2.45, 2.75) is 62.9 Å². The molecule has 2 aliphatic carbocycles. The van der Waals surface area contributed by atoms with Gasteiger partial charge in [0.05, 0.1) is 7.11 Å². The fourth-order valence-electron chi connectivity index (χ4n) is 4.60. The Hall–Kier alpha value is -1.11. The molecule has 0 spiro atoms. The van der Waals surface area contributed by atoms with E-state index in [9.17, 15) is 8.42 Å². The van der Waals surface area contributed by atoms with Crippen molar-refractivity contribution >= 4 is 10.0 Å². The summed E-state index contributed by atoms with van der Waals surface area (Å²) in [6.07, 6.45) is 5.11. The molecule has 3 rings (SSSR count). The minimum absolute atomic E-state index is 0.00549. The third-order valence-corrected chi connectivity index (χ3v) is 7.01. The average molecular weight is 353 g/mol. The molecule has 24 heavy (non-hydrogen) atoms. The van der Waals surface area contributed by atoms with Crippen LogP contribution in [0.1, 0.15) is 43.2 Å². The number of methoxy groups -OCH3 is 1. The number of nitrogens with one attached hydrogen (secondary N) is 1. The molecule has 0 aromatic heterocycles. The van der Waals surface area contributed by atoms with E-state index < -0.39 is 10.0 Å². The number of ether oxygens (including phenoxy) is 1. The minimum Gasteiger partial charge on any atom is -0.495 e. The van der Waals surface area contributed by atoms with E-state index in [-0.39, 0.29) is 17.0 Å². The Kier molecular flexibility index (Phi) is 4.91. The van der Waals surface area contributed by atoms with Crippen LogP contribution in [0, 0.1) is 25.7 Å². The summed E-state index contributed by atoms with van der Waals surface area (Å²) in [6.45, 7) is 3.78. The molecule has 1 aromatic rings. The van der Waals surface area contributed by atoms with Gasteiger partial charge in [-0.05, 0) is 68.6 Å². The second-order valence-corrected chi connectivity index (χ2v) is 9.13. The third-order valence-electron chi connectivity index (χ3n) is 5.55. The van der Waals surface area contributed by atoms with E-state index in [0.29, 0.717) is 17.6 Å². The number of nitrogens with two attached hydrogens (primary N) is 1. The van der Waals surface area contributed by atoms with Gasteiger partial charge in [-0.15, -0.1) is 0 Å². The van der Waals surface area contributed by atoms with Crippen LogP contribution >= 0.6 is 0 Å². The molecular formula is C18H28N2O3S. The maximum Gasteiger partial charge on any atom is 0.244 e. The monoisotopic (exact) mass is 352 g/mol. The van der Waals surface area contributed by atoms with Crippen LogP contribution in [0.5, 0.6) is 5.75 Å².